The van der Waals surface area contributed by atoms with Crippen molar-refractivity contribution >= 4 is 11.8 Å². The highest BCUT2D eigenvalue weighted by Crippen LogP contribution is 2.26. The van der Waals surface area contributed by atoms with Gasteiger partial charge in [-0.2, -0.15) is 11.8 Å². The molecule has 1 rings (SSSR count). The second kappa shape index (κ2) is 7.74. The van der Waals surface area contributed by atoms with Crippen molar-refractivity contribution in [1.82, 2.24) is 5.32 Å². The van der Waals surface area contributed by atoms with Gasteiger partial charge in [-0.05, 0) is 49.9 Å². The van der Waals surface area contributed by atoms with Crippen molar-refractivity contribution in [3.05, 3.63) is 34.9 Å². The Labute approximate surface area is 112 Å². The molecule has 0 saturated carbocycles. The van der Waals surface area contributed by atoms with Gasteiger partial charge in [0.05, 0.1) is 0 Å². The monoisotopic (exact) mass is 273 g/mol. The number of halogens is 2. The van der Waals surface area contributed by atoms with E-state index in [4.69, 9.17) is 0 Å². The lowest BCUT2D eigenvalue weighted by atomic mass is 10.0. The van der Waals surface area contributed by atoms with Gasteiger partial charge in [0.1, 0.15) is 11.6 Å². The third-order valence-electron chi connectivity index (χ3n) is 2.92. The molecule has 0 aliphatic heterocycles. The maximum Gasteiger partial charge on any atom is 0.133 e. The Hall–Kier alpha value is -0.610. The van der Waals surface area contributed by atoms with Crippen molar-refractivity contribution in [2.45, 2.75) is 32.7 Å². The fourth-order valence-electron chi connectivity index (χ4n) is 1.90. The van der Waals surface area contributed by atoms with Gasteiger partial charge in [-0.15, -0.1) is 0 Å². The summed E-state index contributed by atoms with van der Waals surface area (Å²) >= 11 is 1.69. The van der Waals surface area contributed by atoms with Gasteiger partial charge in [0.2, 0.25) is 0 Å². The zero-order valence-electron chi connectivity index (χ0n) is 11.2. The second-order valence-electron chi connectivity index (χ2n) is 4.38. The van der Waals surface area contributed by atoms with Crippen LogP contribution in [0.3, 0.4) is 0 Å². The Morgan fingerprint density at radius 3 is 2.67 bits per heavy atom. The minimum absolute atomic E-state index is 0.192. The molecule has 0 spiro atoms. The minimum Gasteiger partial charge on any atom is -0.310 e. The molecule has 0 aliphatic rings. The summed E-state index contributed by atoms with van der Waals surface area (Å²) in [6, 6.07) is 2.60. The van der Waals surface area contributed by atoms with Crippen molar-refractivity contribution in [3.63, 3.8) is 0 Å². The Morgan fingerprint density at radius 2 is 2.06 bits per heavy atom. The Bertz CT molecular complexity index is 374. The van der Waals surface area contributed by atoms with Crippen LogP contribution in [0.1, 0.15) is 36.9 Å². The van der Waals surface area contributed by atoms with Crippen molar-refractivity contribution in [3.8, 4) is 0 Å². The van der Waals surface area contributed by atoms with Gasteiger partial charge in [-0.1, -0.05) is 13.0 Å². The van der Waals surface area contributed by atoms with Crippen LogP contribution in [0.15, 0.2) is 12.1 Å². The Kier molecular flexibility index (Phi) is 6.65. The number of rotatable bonds is 7. The molecular weight excluding hydrogens is 252 g/mol. The molecule has 0 radical (unpaired) electrons. The lowest BCUT2D eigenvalue weighted by Crippen LogP contribution is -2.25. The first-order chi connectivity index (χ1) is 8.61. The van der Waals surface area contributed by atoms with Gasteiger partial charge in [-0.3, -0.25) is 0 Å². The van der Waals surface area contributed by atoms with Crippen LogP contribution in [-0.4, -0.2) is 18.6 Å². The number of benzene rings is 1. The van der Waals surface area contributed by atoms with E-state index in [2.05, 4.69) is 5.32 Å². The summed E-state index contributed by atoms with van der Waals surface area (Å²) in [4.78, 5) is 0. The molecule has 0 fully saturated rings. The largest absolute Gasteiger partial charge is 0.310 e. The molecule has 1 aromatic carbocycles. The van der Waals surface area contributed by atoms with Crippen molar-refractivity contribution in [1.29, 1.82) is 0 Å². The predicted octanol–water partition coefficient (Wildman–Crippen LogP) is 4.07. The molecule has 18 heavy (non-hydrogen) atoms. The van der Waals surface area contributed by atoms with Crippen molar-refractivity contribution in [2.75, 3.05) is 18.6 Å². The topological polar surface area (TPSA) is 12.0 Å². The third-order valence-corrected chi connectivity index (χ3v) is 3.56. The fraction of sp³-hybridized carbons (Fsp3) is 0.571. The molecule has 0 heterocycles. The molecule has 1 nitrogen and oxygen atoms in total. The van der Waals surface area contributed by atoms with Crippen molar-refractivity contribution in [2.24, 2.45) is 0 Å². The standard InChI is InChI=1S/C14H21F2NS/c1-4-8-17-12(7-9-18-3)13-11(15)6-5-10(2)14(13)16/h5-6,12,17H,4,7-9H2,1-3H3. The highest BCUT2D eigenvalue weighted by molar-refractivity contribution is 7.98. The van der Waals surface area contributed by atoms with Crippen LogP contribution in [-0.2, 0) is 0 Å². The average molecular weight is 273 g/mol. The molecular formula is C14H21F2NS. The highest BCUT2D eigenvalue weighted by Gasteiger charge is 2.20. The van der Waals surface area contributed by atoms with E-state index in [1.54, 1.807) is 18.7 Å². The van der Waals surface area contributed by atoms with Crippen LogP contribution in [0.25, 0.3) is 0 Å². The smallest absolute Gasteiger partial charge is 0.133 e. The van der Waals surface area contributed by atoms with E-state index < -0.39 is 11.6 Å². The average Bonchev–Trinajstić information content (AvgIpc) is 2.36. The number of hydrogen-bond donors (Lipinski definition) is 1. The summed E-state index contributed by atoms with van der Waals surface area (Å²) in [5.74, 6) is 0.0197. The van der Waals surface area contributed by atoms with Crippen LogP contribution < -0.4 is 5.32 Å². The Balaban J connectivity index is 2.99. The van der Waals surface area contributed by atoms with Gasteiger partial charge in [-0.25, -0.2) is 8.78 Å². The lowest BCUT2D eigenvalue weighted by Gasteiger charge is -2.20. The maximum atomic E-state index is 14.1. The van der Waals surface area contributed by atoms with E-state index in [1.807, 2.05) is 13.2 Å². The second-order valence-corrected chi connectivity index (χ2v) is 5.37. The van der Waals surface area contributed by atoms with Gasteiger partial charge >= 0.3 is 0 Å². The lowest BCUT2D eigenvalue weighted by molar-refractivity contribution is 0.457. The molecule has 102 valence electrons. The molecule has 0 saturated heterocycles. The summed E-state index contributed by atoms with van der Waals surface area (Å²) in [6.45, 7) is 4.48. The molecule has 1 N–H and O–H groups in total. The van der Waals surface area contributed by atoms with Gasteiger partial charge in [0.15, 0.2) is 0 Å². The molecule has 4 heteroatoms. The fourth-order valence-corrected chi connectivity index (χ4v) is 2.37. The number of aryl methyl sites for hydroxylation is 1. The van der Waals surface area contributed by atoms with E-state index >= 15 is 0 Å². The van der Waals surface area contributed by atoms with Crippen LogP contribution >= 0.6 is 11.8 Å². The van der Waals surface area contributed by atoms with E-state index in [-0.39, 0.29) is 11.6 Å². The number of nitrogens with one attached hydrogen (secondary N) is 1. The maximum absolute atomic E-state index is 14.1. The number of hydrogen-bond acceptors (Lipinski definition) is 2. The molecule has 0 aliphatic carbocycles. The van der Waals surface area contributed by atoms with E-state index in [0.29, 0.717) is 5.56 Å². The van der Waals surface area contributed by atoms with Crippen LogP contribution in [0.2, 0.25) is 0 Å². The molecule has 0 amide bonds. The zero-order valence-corrected chi connectivity index (χ0v) is 12.0. The quantitative estimate of drug-likeness (QED) is 0.804. The summed E-state index contributed by atoms with van der Waals surface area (Å²) in [7, 11) is 0. The third kappa shape index (κ3) is 3.95. The summed E-state index contributed by atoms with van der Waals surface area (Å²) in [6.07, 6.45) is 3.68. The van der Waals surface area contributed by atoms with E-state index in [9.17, 15) is 8.78 Å². The number of thioether (sulfide) groups is 1. The molecule has 0 bridgehead atoms. The molecule has 1 atom stereocenters. The van der Waals surface area contributed by atoms with E-state index in [0.717, 1.165) is 25.1 Å². The van der Waals surface area contributed by atoms with Crippen molar-refractivity contribution < 1.29 is 8.78 Å². The first-order valence-corrected chi connectivity index (χ1v) is 7.68. The summed E-state index contributed by atoms with van der Waals surface area (Å²) in [5.41, 5.74) is 0.691. The molecule has 1 aromatic rings. The normalized spacial score (nSPS) is 12.7. The van der Waals surface area contributed by atoms with Gasteiger partial charge in [0.25, 0.3) is 0 Å². The zero-order chi connectivity index (χ0) is 13.5. The first kappa shape index (κ1) is 15.4. The Morgan fingerprint density at radius 1 is 1.33 bits per heavy atom. The van der Waals surface area contributed by atoms with Crippen LogP contribution in [0.5, 0.6) is 0 Å². The van der Waals surface area contributed by atoms with Gasteiger partial charge in [0, 0.05) is 11.6 Å². The molecule has 1 unspecified atom stereocenters. The molecule has 0 aromatic heterocycles. The summed E-state index contributed by atoms with van der Waals surface area (Å²) < 4.78 is 27.9. The predicted molar refractivity (Wildman–Crippen MR) is 75.1 cm³/mol. The van der Waals surface area contributed by atoms with Gasteiger partial charge < -0.3 is 5.32 Å². The minimum atomic E-state index is -0.451. The van der Waals surface area contributed by atoms with Crippen LogP contribution in [0.4, 0.5) is 8.78 Å². The first-order valence-electron chi connectivity index (χ1n) is 6.28. The highest BCUT2D eigenvalue weighted by atomic mass is 32.2. The summed E-state index contributed by atoms with van der Waals surface area (Å²) in [5, 5.41) is 3.24. The van der Waals surface area contributed by atoms with Crippen LogP contribution in [0, 0.1) is 18.6 Å². The van der Waals surface area contributed by atoms with E-state index in [1.165, 1.54) is 12.1 Å². The SMILES string of the molecule is CCCNC(CCSC)c1c(F)ccc(C)c1F.